The minimum Gasteiger partial charge on any atom is -0.266 e. The number of hydrogen-bond donors (Lipinski definition) is 0. The topological polar surface area (TPSA) is 78.8 Å². The lowest BCUT2D eigenvalue weighted by Gasteiger charge is -1.97. The summed E-state index contributed by atoms with van der Waals surface area (Å²) in [7, 11) is 1.70. The van der Waals surface area contributed by atoms with Crippen LogP contribution in [0.5, 0.6) is 0 Å². The van der Waals surface area contributed by atoms with Gasteiger partial charge in [0.25, 0.3) is 0 Å². The summed E-state index contributed by atoms with van der Waals surface area (Å²) in [5.41, 5.74) is 0.644. The third-order valence-corrected chi connectivity index (χ3v) is 2.92. The molecule has 2 rings (SSSR count). The van der Waals surface area contributed by atoms with E-state index in [9.17, 15) is 10.1 Å². The van der Waals surface area contributed by atoms with Crippen LogP contribution in [0.3, 0.4) is 0 Å². The lowest BCUT2D eigenvalue weighted by atomic mass is 10.3. The Kier molecular flexibility index (Phi) is 3.33. The molecule has 0 aromatic carbocycles. The van der Waals surface area contributed by atoms with Gasteiger partial charge < -0.3 is 0 Å². The van der Waals surface area contributed by atoms with Gasteiger partial charge in [-0.25, -0.2) is 4.68 Å². The molecule has 0 aliphatic heterocycles. The van der Waals surface area contributed by atoms with Crippen molar-refractivity contribution in [1.29, 1.82) is 0 Å². The maximum Gasteiger partial charge on any atom is 0.335 e. The average molecular weight is 270 g/mol. The standard InChI is InChI=1S/C10H12ClN5O2/c1-3-6-15-10(11)9(16(17)18)8(13-15)7-4-5-12-14(7)2/h4-5H,3,6H2,1-2H3. The van der Waals surface area contributed by atoms with Crippen LogP contribution in [0.2, 0.25) is 5.15 Å². The fourth-order valence-electron chi connectivity index (χ4n) is 1.73. The highest BCUT2D eigenvalue weighted by Crippen LogP contribution is 2.35. The first-order chi connectivity index (χ1) is 8.56. The Morgan fingerprint density at radius 3 is 2.78 bits per heavy atom. The van der Waals surface area contributed by atoms with Crippen LogP contribution in [0.15, 0.2) is 12.3 Å². The number of hydrogen-bond acceptors (Lipinski definition) is 4. The van der Waals surface area contributed by atoms with Crippen LogP contribution in [0.4, 0.5) is 5.69 Å². The van der Waals surface area contributed by atoms with E-state index in [1.165, 1.54) is 9.36 Å². The summed E-state index contributed by atoms with van der Waals surface area (Å²) in [6.07, 6.45) is 2.36. The fraction of sp³-hybridized carbons (Fsp3) is 0.400. The van der Waals surface area contributed by atoms with Gasteiger partial charge in [-0.05, 0) is 12.5 Å². The van der Waals surface area contributed by atoms with Gasteiger partial charge in [0.15, 0.2) is 5.69 Å². The van der Waals surface area contributed by atoms with Gasteiger partial charge in [0.05, 0.1) is 10.6 Å². The molecule has 0 atom stereocenters. The molecule has 0 N–H and O–H groups in total. The van der Waals surface area contributed by atoms with Crippen LogP contribution in [0.25, 0.3) is 11.4 Å². The first-order valence-corrected chi connectivity index (χ1v) is 5.83. The Morgan fingerprint density at radius 1 is 1.56 bits per heavy atom. The summed E-state index contributed by atoms with van der Waals surface area (Å²) in [6.45, 7) is 2.49. The predicted octanol–water partition coefficient (Wildman–Crippen LogP) is 2.26. The van der Waals surface area contributed by atoms with E-state index in [1.54, 1.807) is 19.3 Å². The quantitative estimate of drug-likeness (QED) is 0.630. The highest BCUT2D eigenvalue weighted by atomic mass is 35.5. The van der Waals surface area contributed by atoms with E-state index in [1.807, 2.05) is 6.92 Å². The van der Waals surface area contributed by atoms with Crippen molar-refractivity contribution < 1.29 is 4.92 Å². The van der Waals surface area contributed by atoms with Gasteiger partial charge in [-0.3, -0.25) is 14.8 Å². The second kappa shape index (κ2) is 4.77. The maximum absolute atomic E-state index is 11.1. The summed E-state index contributed by atoms with van der Waals surface area (Å²) >= 11 is 6.00. The maximum atomic E-state index is 11.1. The SMILES string of the molecule is CCCn1nc(-c2ccnn2C)c([N+](=O)[O-])c1Cl. The lowest BCUT2D eigenvalue weighted by Crippen LogP contribution is -2.00. The minimum absolute atomic E-state index is 0.0538. The van der Waals surface area contributed by atoms with Crippen molar-refractivity contribution in [2.24, 2.45) is 7.05 Å². The van der Waals surface area contributed by atoms with E-state index in [4.69, 9.17) is 11.6 Å². The van der Waals surface area contributed by atoms with Gasteiger partial charge in [-0.2, -0.15) is 10.2 Å². The molecule has 0 fully saturated rings. The molecule has 0 radical (unpaired) electrons. The average Bonchev–Trinajstić information content (AvgIpc) is 2.84. The Labute approximate surface area is 108 Å². The zero-order valence-corrected chi connectivity index (χ0v) is 10.8. The van der Waals surface area contributed by atoms with E-state index in [2.05, 4.69) is 10.2 Å². The lowest BCUT2D eigenvalue weighted by molar-refractivity contribution is -0.384. The molecule has 2 aromatic heterocycles. The predicted molar refractivity (Wildman–Crippen MR) is 66.4 cm³/mol. The molecule has 0 saturated carbocycles. The zero-order valence-electron chi connectivity index (χ0n) is 10.00. The van der Waals surface area contributed by atoms with E-state index >= 15 is 0 Å². The van der Waals surface area contributed by atoms with Gasteiger partial charge in [0.1, 0.15) is 0 Å². The van der Waals surface area contributed by atoms with Crippen molar-refractivity contribution in [3.63, 3.8) is 0 Å². The van der Waals surface area contributed by atoms with Gasteiger partial charge in [-0.1, -0.05) is 18.5 Å². The molecule has 0 amide bonds. The van der Waals surface area contributed by atoms with Crippen LogP contribution >= 0.6 is 11.6 Å². The third-order valence-electron chi connectivity index (χ3n) is 2.55. The van der Waals surface area contributed by atoms with Crippen molar-refractivity contribution >= 4 is 17.3 Å². The summed E-state index contributed by atoms with van der Waals surface area (Å²) < 4.78 is 2.98. The molecule has 0 spiro atoms. The highest BCUT2D eigenvalue weighted by Gasteiger charge is 2.28. The van der Waals surface area contributed by atoms with Crippen molar-refractivity contribution in [2.75, 3.05) is 0 Å². The number of halogens is 1. The van der Waals surface area contributed by atoms with E-state index < -0.39 is 4.92 Å². The van der Waals surface area contributed by atoms with Crippen molar-refractivity contribution in [3.8, 4) is 11.4 Å². The Balaban J connectivity index is 2.63. The second-order valence-corrected chi connectivity index (χ2v) is 4.17. The molecule has 7 nitrogen and oxygen atoms in total. The first kappa shape index (κ1) is 12.6. The summed E-state index contributed by atoms with van der Waals surface area (Å²) in [6, 6.07) is 1.67. The van der Waals surface area contributed by atoms with Crippen LogP contribution < -0.4 is 0 Å². The number of rotatable bonds is 4. The molecule has 2 heterocycles. The molecule has 0 saturated heterocycles. The largest absolute Gasteiger partial charge is 0.335 e. The van der Waals surface area contributed by atoms with E-state index in [-0.39, 0.29) is 16.5 Å². The Bertz CT molecular complexity index is 589. The monoisotopic (exact) mass is 269 g/mol. The van der Waals surface area contributed by atoms with Crippen LogP contribution in [-0.4, -0.2) is 24.5 Å². The van der Waals surface area contributed by atoms with Crippen molar-refractivity contribution in [2.45, 2.75) is 19.9 Å². The third kappa shape index (κ3) is 1.97. The highest BCUT2D eigenvalue weighted by molar-refractivity contribution is 6.32. The molecular weight excluding hydrogens is 258 g/mol. The number of nitro groups is 1. The molecule has 18 heavy (non-hydrogen) atoms. The molecule has 2 aromatic rings. The molecule has 0 aliphatic rings. The second-order valence-electron chi connectivity index (χ2n) is 3.81. The molecular formula is C10H12ClN5O2. The van der Waals surface area contributed by atoms with Gasteiger partial charge in [0, 0.05) is 19.8 Å². The number of aromatic nitrogens is 4. The van der Waals surface area contributed by atoms with Crippen LogP contribution in [-0.2, 0) is 13.6 Å². The number of nitrogens with zero attached hydrogens (tertiary/aromatic N) is 5. The molecule has 0 bridgehead atoms. The number of aryl methyl sites for hydroxylation is 2. The van der Waals surface area contributed by atoms with Crippen LogP contribution in [0.1, 0.15) is 13.3 Å². The summed E-state index contributed by atoms with van der Waals surface area (Å²) in [5, 5.41) is 19.3. The van der Waals surface area contributed by atoms with Crippen molar-refractivity contribution in [3.05, 3.63) is 27.5 Å². The minimum atomic E-state index is -0.510. The van der Waals surface area contributed by atoms with Crippen LogP contribution in [0, 0.1) is 10.1 Å². The van der Waals surface area contributed by atoms with E-state index in [0.29, 0.717) is 12.2 Å². The van der Waals surface area contributed by atoms with Gasteiger partial charge in [0.2, 0.25) is 5.15 Å². The summed E-state index contributed by atoms with van der Waals surface area (Å²) in [4.78, 5) is 10.6. The molecule has 0 unspecified atom stereocenters. The zero-order chi connectivity index (χ0) is 13.3. The normalized spacial score (nSPS) is 10.8. The summed E-state index contributed by atoms with van der Waals surface area (Å²) in [5.74, 6) is 0. The first-order valence-electron chi connectivity index (χ1n) is 5.45. The Hall–Kier alpha value is -1.89. The van der Waals surface area contributed by atoms with E-state index in [0.717, 1.165) is 6.42 Å². The van der Waals surface area contributed by atoms with Gasteiger partial charge >= 0.3 is 5.69 Å². The fourth-order valence-corrected chi connectivity index (χ4v) is 2.01. The smallest absolute Gasteiger partial charge is 0.266 e. The van der Waals surface area contributed by atoms with Gasteiger partial charge in [-0.15, -0.1) is 0 Å². The molecule has 96 valence electrons. The molecule has 8 heteroatoms. The Morgan fingerprint density at radius 2 is 2.28 bits per heavy atom. The molecule has 0 aliphatic carbocycles. The van der Waals surface area contributed by atoms with Crippen molar-refractivity contribution in [1.82, 2.24) is 19.6 Å².